The lowest BCUT2D eigenvalue weighted by molar-refractivity contribution is -0.125. The first kappa shape index (κ1) is 12.4. The van der Waals surface area contributed by atoms with E-state index in [9.17, 15) is 9.90 Å². The van der Waals surface area contributed by atoms with Crippen molar-refractivity contribution in [3.63, 3.8) is 0 Å². The molecule has 4 nitrogen and oxygen atoms in total. The van der Waals surface area contributed by atoms with Crippen LogP contribution in [0.2, 0.25) is 0 Å². The van der Waals surface area contributed by atoms with E-state index in [-0.39, 0.29) is 5.91 Å². The zero-order valence-corrected chi connectivity index (χ0v) is 8.79. The van der Waals surface area contributed by atoms with Crippen molar-refractivity contribution in [2.24, 2.45) is 5.73 Å². The summed E-state index contributed by atoms with van der Waals surface area (Å²) in [4.78, 5) is 11.3. The van der Waals surface area contributed by atoms with E-state index in [4.69, 9.17) is 5.73 Å². The number of carbonyl (C=O) groups excluding carboxylic acids is 1. The van der Waals surface area contributed by atoms with Gasteiger partial charge in [-0.3, -0.25) is 4.79 Å². The van der Waals surface area contributed by atoms with Crippen LogP contribution in [-0.4, -0.2) is 28.7 Å². The fraction of sp³-hybridized carbons (Fsp3) is 0.889. The van der Waals surface area contributed by atoms with Crippen molar-refractivity contribution in [2.45, 2.75) is 51.8 Å². The summed E-state index contributed by atoms with van der Waals surface area (Å²) >= 11 is 0. The van der Waals surface area contributed by atoms with E-state index in [1.807, 2.05) is 6.92 Å². The molecule has 0 heterocycles. The molecule has 0 aliphatic carbocycles. The maximum Gasteiger partial charge on any atom is 0.237 e. The third-order valence-electron chi connectivity index (χ3n) is 2.27. The van der Waals surface area contributed by atoms with Crippen molar-refractivity contribution in [3.05, 3.63) is 0 Å². The molecule has 0 aromatic carbocycles. The first-order chi connectivity index (χ1) is 5.81. The molecule has 0 radical (unpaired) electrons. The summed E-state index contributed by atoms with van der Waals surface area (Å²) in [5.74, 6) is -0.214. The molecule has 4 N–H and O–H groups in total. The highest BCUT2D eigenvalue weighted by atomic mass is 16.3. The van der Waals surface area contributed by atoms with Gasteiger partial charge in [-0.15, -0.1) is 0 Å². The molecule has 78 valence electrons. The minimum Gasteiger partial charge on any atom is -0.391 e. The first-order valence-corrected chi connectivity index (χ1v) is 4.57. The van der Waals surface area contributed by atoms with Gasteiger partial charge < -0.3 is 16.2 Å². The van der Waals surface area contributed by atoms with Crippen LogP contribution < -0.4 is 11.1 Å². The van der Waals surface area contributed by atoms with Gasteiger partial charge >= 0.3 is 0 Å². The summed E-state index contributed by atoms with van der Waals surface area (Å²) in [6.07, 6.45) is 0.00218. The van der Waals surface area contributed by atoms with Crippen molar-refractivity contribution in [3.8, 4) is 0 Å². The Morgan fingerprint density at radius 1 is 1.62 bits per heavy atom. The summed E-state index contributed by atoms with van der Waals surface area (Å²) in [6.45, 7) is 7.01. The highest BCUT2D eigenvalue weighted by molar-refractivity contribution is 5.82. The number of nitrogens with one attached hydrogen (secondary N) is 1. The monoisotopic (exact) mass is 188 g/mol. The van der Waals surface area contributed by atoms with Crippen molar-refractivity contribution in [2.75, 3.05) is 0 Å². The highest BCUT2D eigenvalue weighted by Gasteiger charge is 2.27. The third-order valence-corrected chi connectivity index (χ3v) is 2.27. The van der Waals surface area contributed by atoms with Gasteiger partial charge in [0.05, 0.1) is 17.7 Å². The highest BCUT2D eigenvalue weighted by Crippen LogP contribution is 2.08. The topological polar surface area (TPSA) is 75.4 Å². The SMILES string of the molecule is CCC(N)C(=O)NC(C)(C)C(C)O. The van der Waals surface area contributed by atoms with Crippen LogP contribution in [0.5, 0.6) is 0 Å². The van der Waals surface area contributed by atoms with Crippen LogP contribution in [0, 0.1) is 0 Å². The number of nitrogens with two attached hydrogens (primary N) is 1. The second-order valence-corrected chi connectivity index (χ2v) is 3.90. The normalized spacial score (nSPS) is 16.5. The molecule has 0 aromatic rings. The van der Waals surface area contributed by atoms with Crippen LogP contribution in [0.15, 0.2) is 0 Å². The Hall–Kier alpha value is -0.610. The van der Waals surface area contributed by atoms with Gasteiger partial charge in [0.25, 0.3) is 0 Å². The van der Waals surface area contributed by atoms with Gasteiger partial charge in [0, 0.05) is 0 Å². The molecule has 0 saturated heterocycles. The van der Waals surface area contributed by atoms with E-state index < -0.39 is 17.7 Å². The van der Waals surface area contributed by atoms with Crippen LogP contribution in [0.25, 0.3) is 0 Å². The zero-order chi connectivity index (χ0) is 10.6. The molecule has 0 aliphatic rings. The lowest BCUT2D eigenvalue weighted by Gasteiger charge is -2.30. The summed E-state index contributed by atoms with van der Waals surface area (Å²) < 4.78 is 0. The smallest absolute Gasteiger partial charge is 0.237 e. The first-order valence-electron chi connectivity index (χ1n) is 4.57. The van der Waals surface area contributed by atoms with E-state index in [0.717, 1.165) is 0 Å². The summed E-state index contributed by atoms with van der Waals surface area (Å²) in [5.41, 5.74) is 4.91. The Bertz CT molecular complexity index is 178. The molecule has 13 heavy (non-hydrogen) atoms. The standard InChI is InChI=1S/C9H20N2O2/c1-5-7(10)8(13)11-9(3,4)6(2)12/h6-7,12H,5,10H2,1-4H3,(H,11,13). The fourth-order valence-corrected chi connectivity index (χ4v) is 0.700. The fourth-order valence-electron chi connectivity index (χ4n) is 0.700. The molecule has 2 unspecified atom stereocenters. The second-order valence-electron chi connectivity index (χ2n) is 3.90. The average molecular weight is 188 g/mol. The minimum absolute atomic E-state index is 0.214. The Labute approximate surface area is 79.5 Å². The van der Waals surface area contributed by atoms with E-state index in [1.165, 1.54) is 0 Å². The number of carbonyl (C=O) groups is 1. The Morgan fingerprint density at radius 2 is 2.08 bits per heavy atom. The zero-order valence-electron chi connectivity index (χ0n) is 8.79. The predicted octanol–water partition coefficient (Wildman–Crippen LogP) is -0.000700. The van der Waals surface area contributed by atoms with Crippen molar-refractivity contribution in [1.29, 1.82) is 0 Å². The molecule has 0 bridgehead atoms. The molecule has 0 rings (SSSR count). The predicted molar refractivity (Wildman–Crippen MR) is 52.2 cm³/mol. The van der Waals surface area contributed by atoms with Crippen molar-refractivity contribution >= 4 is 5.91 Å². The number of hydrogen-bond donors (Lipinski definition) is 3. The Morgan fingerprint density at radius 3 is 2.38 bits per heavy atom. The molecule has 0 spiro atoms. The molecule has 0 fully saturated rings. The molecular formula is C9H20N2O2. The Balaban J connectivity index is 4.19. The van der Waals surface area contributed by atoms with Crippen LogP contribution >= 0.6 is 0 Å². The van der Waals surface area contributed by atoms with Crippen molar-refractivity contribution in [1.82, 2.24) is 5.32 Å². The average Bonchev–Trinajstić information content (AvgIpc) is 2.01. The lowest BCUT2D eigenvalue weighted by Crippen LogP contribution is -2.55. The number of rotatable bonds is 4. The van der Waals surface area contributed by atoms with E-state index in [1.54, 1.807) is 20.8 Å². The van der Waals surface area contributed by atoms with Gasteiger partial charge in [-0.25, -0.2) is 0 Å². The van der Waals surface area contributed by atoms with Crippen LogP contribution in [0.4, 0.5) is 0 Å². The maximum atomic E-state index is 11.3. The Kier molecular flexibility index (Phi) is 4.36. The molecule has 4 heteroatoms. The molecule has 0 aromatic heterocycles. The molecule has 2 atom stereocenters. The second kappa shape index (κ2) is 4.58. The lowest BCUT2D eigenvalue weighted by atomic mass is 9.98. The van der Waals surface area contributed by atoms with Crippen LogP contribution in [-0.2, 0) is 4.79 Å². The summed E-state index contributed by atoms with van der Waals surface area (Å²) in [7, 11) is 0. The third kappa shape index (κ3) is 3.74. The maximum absolute atomic E-state index is 11.3. The van der Waals surface area contributed by atoms with Crippen LogP contribution in [0.1, 0.15) is 34.1 Å². The van der Waals surface area contributed by atoms with Gasteiger partial charge in [0.15, 0.2) is 0 Å². The number of hydrogen-bond acceptors (Lipinski definition) is 3. The summed E-state index contributed by atoms with van der Waals surface area (Å²) in [6, 6.07) is -0.488. The largest absolute Gasteiger partial charge is 0.391 e. The molecule has 1 amide bonds. The quantitative estimate of drug-likeness (QED) is 0.581. The van der Waals surface area contributed by atoms with E-state index >= 15 is 0 Å². The number of aliphatic hydroxyl groups excluding tert-OH is 1. The van der Waals surface area contributed by atoms with Crippen LogP contribution in [0.3, 0.4) is 0 Å². The van der Waals surface area contributed by atoms with Gasteiger partial charge in [-0.2, -0.15) is 0 Å². The van der Waals surface area contributed by atoms with E-state index in [2.05, 4.69) is 5.32 Å². The van der Waals surface area contributed by atoms with Crippen molar-refractivity contribution < 1.29 is 9.90 Å². The van der Waals surface area contributed by atoms with Gasteiger partial charge in [0.1, 0.15) is 0 Å². The van der Waals surface area contributed by atoms with E-state index in [0.29, 0.717) is 6.42 Å². The minimum atomic E-state index is -0.621. The molecule has 0 aliphatic heterocycles. The molecule has 0 saturated carbocycles. The summed E-state index contributed by atoms with van der Waals surface area (Å²) in [5, 5.41) is 12.0. The molecular weight excluding hydrogens is 168 g/mol. The van der Waals surface area contributed by atoms with Gasteiger partial charge in [0.2, 0.25) is 5.91 Å². The number of aliphatic hydroxyl groups is 1. The van der Waals surface area contributed by atoms with Gasteiger partial charge in [-0.1, -0.05) is 6.92 Å². The number of amides is 1. The van der Waals surface area contributed by atoms with Gasteiger partial charge in [-0.05, 0) is 27.2 Å².